The molecule has 5 aliphatic heterocycles. The van der Waals surface area contributed by atoms with Gasteiger partial charge in [-0.25, -0.2) is 27.4 Å². The lowest BCUT2D eigenvalue weighted by molar-refractivity contribution is -0.0232. The van der Waals surface area contributed by atoms with E-state index in [2.05, 4.69) is 55.1 Å². The second-order valence-corrected chi connectivity index (χ2v) is 32.6. The fourth-order valence-corrected chi connectivity index (χ4v) is 17.0. The number of nitrogens with one attached hydrogen (secondary N) is 4. The number of aromatic nitrogens is 4. The van der Waals surface area contributed by atoms with Crippen molar-refractivity contribution in [2.75, 3.05) is 26.4 Å². The number of halogens is 2. The molecule has 42 nitrogen and oxygen atoms in total. The molecule has 0 bridgehead atoms. The number of phosphoric ester groups is 1. The highest BCUT2D eigenvalue weighted by molar-refractivity contribution is 8.05. The highest BCUT2D eigenvalue weighted by Gasteiger charge is 2.56. The maximum absolute atomic E-state index is 12.1. The standard InChI is InChI=1S/C10H12Cl2NO6P.C10H16NO14P3.C10H14NO13P3.C10H13NO5/c11-20(12,17)18-4-6-8(15)9(16)10(19-6)5-1-2-7(14)13-3-5;12-7-2-1-5(3-11-7)10-9(14)8(13)6(23-10)4-22-27(18,19)25-28(20,21)24-26(15,16)17;12-7-2-1-5(3-11-7)10-9(14)8(13)6(21-10)4-20-27(19)23-25(15,16)22-26(17,18)24-27;12-4-6-8(14)9(15)10(16-6)5-1-2-7(13)11-3-5/h1-3,6,8-10,15-16H,4H2,(H,13,14);1-3,6,8-10,13-14H,4H2,(H,11,12)(H,18,19)(H,20,21)(H2,15,16,17);1-3,6,8-10,13-14H,4H2,(H,11,12)(H,15,16)(H,17,18);1-3,6,8-10,12,14-15H,4H2,(H,11,13)/t4*6-,8?,9+,10+/m1111/s1. The number of aromatic amines is 4. The first-order valence-electron chi connectivity index (χ1n) is 24.9. The zero-order valence-corrected chi connectivity index (χ0v) is 52.8. The summed E-state index contributed by atoms with van der Waals surface area (Å²) in [5.41, 5.74) is 0.241. The molecular weight excluding hydrogens is 1430 g/mol. The largest absolute Gasteiger partial charge is 0.492 e. The first-order valence-corrected chi connectivity index (χ1v) is 37.3. The van der Waals surface area contributed by atoms with Crippen molar-refractivity contribution in [1.82, 2.24) is 19.9 Å². The van der Waals surface area contributed by atoms with Crippen molar-refractivity contribution in [3.63, 3.8) is 0 Å². The first kappa shape index (κ1) is 76.9. The molecule has 0 radical (unpaired) electrons. The third kappa shape index (κ3) is 22.5. The highest BCUT2D eigenvalue weighted by Crippen LogP contribution is 2.80. The van der Waals surface area contributed by atoms with Gasteiger partial charge in [0.25, 0.3) is 0 Å². The van der Waals surface area contributed by atoms with Gasteiger partial charge in [-0.1, -0.05) is 0 Å². The number of H-pyrrole nitrogens is 4. The molecule has 0 saturated carbocycles. The van der Waals surface area contributed by atoms with Crippen molar-refractivity contribution in [2.45, 2.75) is 97.7 Å². The number of hydrogen-bond acceptors (Lipinski definition) is 32. The second kappa shape index (κ2) is 31.4. The van der Waals surface area contributed by atoms with Crippen LogP contribution in [0.4, 0.5) is 0 Å². The predicted octanol–water partition coefficient (Wildman–Crippen LogP) is -1.53. The number of phosphoric acid groups is 6. The summed E-state index contributed by atoms with van der Waals surface area (Å²) >= 11 is 10.5. The van der Waals surface area contributed by atoms with E-state index in [9.17, 15) is 96.9 Å². The molecular formula is C40H55Cl2N4O38P7. The van der Waals surface area contributed by atoms with Crippen molar-refractivity contribution in [2.24, 2.45) is 0 Å². The van der Waals surface area contributed by atoms with E-state index < -0.39 is 175 Å². The Labute approximate surface area is 516 Å². The van der Waals surface area contributed by atoms with Crippen LogP contribution in [-0.2, 0) is 86.0 Å². The van der Waals surface area contributed by atoms with Crippen molar-refractivity contribution >= 4 is 75.5 Å². The van der Waals surface area contributed by atoms with E-state index in [1.54, 1.807) is 0 Å². The SMILES string of the molecule is O=c1ccc([C@@H]2O[C@H](CO)C(O)[C@@H]2O)c[nH]1.O=c1ccc([C@@H]2O[C@H](COP(=O)(Cl)Cl)C(O)[C@@H]2O)c[nH]1.O=c1ccc([C@@H]2O[C@H](COP(=O)(O)OP(=O)(O)OP(=O)(O)O)C(O)[C@@H]2O)c[nH]1.O=c1ccc([C@@H]2O[C@H](COP3(=O)OP(=O)(O)OP(=O)(O)O3)C(O)[C@@H]2O)c[nH]1. The molecule has 5 fully saturated rings. The lowest BCUT2D eigenvalue weighted by Gasteiger charge is -2.27. The zero-order valence-electron chi connectivity index (χ0n) is 45.0. The topological polar surface area (TPSA) is 665 Å². The van der Waals surface area contributed by atoms with Gasteiger partial charge in [0.05, 0.1) is 26.4 Å². The average Bonchev–Trinajstić information content (AvgIpc) is 1.04. The molecule has 5 saturated heterocycles. The van der Waals surface area contributed by atoms with Gasteiger partial charge in [0.2, 0.25) is 22.2 Å². The van der Waals surface area contributed by atoms with Gasteiger partial charge in [0.1, 0.15) is 97.7 Å². The van der Waals surface area contributed by atoms with Crippen LogP contribution in [0.15, 0.2) is 92.5 Å². The molecule has 51 heteroatoms. The molecule has 9 rings (SSSR count). The Morgan fingerprint density at radius 3 is 1.03 bits per heavy atom. The number of hydrogen-bond donors (Lipinski definition) is 19. The molecule has 512 valence electrons. The van der Waals surface area contributed by atoms with Gasteiger partial charge in [0.15, 0.2) is 0 Å². The summed E-state index contributed by atoms with van der Waals surface area (Å²) in [5.74, 6) is 0. The minimum atomic E-state index is -5.68. The van der Waals surface area contributed by atoms with Crippen LogP contribution < -0.4 is 22.2 Å². The Balaban J connectivity index is 0.000000197. The van der Waals surface area contributed by atoms with Gasteiger partial charge in [-0.2, -0.15) is 21.6 Å². The summed E-state index contributed by atoms with van der Waals surface area (Å²) in [4.78, 5) is 107. The minimum absolute atomic E-state index is 0.254. The van der Waals surface area contributed by atoms with Crippen molar-refractivity contribution in [1.29, 1.82) is 0 Å². The van der Waals surface area contributed by atoms with Crippen molar-refractivity contribution in [3.8, 4) is 0 Å². The highest BCUT2D eigenvalue weighted by atomic mass is 35.9. The quantitative estimate of drug-likeness (QED) is 0.0503. The van der Waals surface area contributed by atoms with Crippen LogP contribution in [0.3, 0.4) is 0 Å². The number of rotatable bonds is 18. The third-order valence-electron chi connectivity index (χ3n) is 12.4. The minimum Gasteiger partial charge on any atom is -0.394 e. The number of aliphatic hydroxyl groups is 9. The van der Waals surface area contributed by atoms with Gasteiger partial charge >= 0.3 is 53.0 Å². The lowest BCUT2D eigenvalue weighted by Crippen LogP contribution is -2.33. The van der Waals surface area contributed by atoms with E-state index in [-0.39, 0.29) is 29.9 Å². The lowest BCUT2D eigenvalue weighted by atomic mass is 10.0. The summed E-state index contributed by atoms with van der Waals surface area (Å²) in [6.45, 7) is -2.43. The molecule has 91 heavy (non-hydrogen) atoms. The zero-order chi connectivity index (χ0) is 68.0. The fraction of sp³-hybridized carbons (Fsp3) is 0.500. The second-order valence-electron chi connectivity index (χ2n) is 19.0. The molecule has 19 N–H and O–H groups in total. The van der Waals surface area contributed by atoms with Crippen molar-refractivity contribution in [3.05, 3.63) is 137 Å². The number of aliphatic hydroxyl groups excluding tert-OH is 9. The van der Waals surface area contributed by atoms with Gasteiger partial charge in [-0.15, -0.1) is 0 Å². The molecule has 0 aliphatic carbocycles. The van der Waals surface area contributed by atoms with Crippen LogP contribution in [0.25, 0.3) is 0 Å². The Morgan fingerprint density at radius 2 is 0.747 bits per heavy atom. The maximum atomic E-state index is 12.1. The number of pyridine rings is 4. The van der Waals surface area contributed by atoms with E-state index in [1.165, 1.54) is 67.3 Å². The monoisotopic (exact) mass is 1490 g/mol. The van der Waals surface area contributed by atoms with E-state index >= 15 is 0 Å². The molecule has 9 heterocycles. The maximum Gasteiger partial charge on any atom is 0.492 e. The van der Waals surface area contributed by atoms with E-state index in [4.69, 9.17) is 71.0 Å². The predicted molar refractivity (Wildman–Crippen MR) is 295 cm³/mol. The molecule has 0 aromatic carbocycles. The summed E-state index contributed by atoms with van der Waals surface area (Å²) in [5, 5.41) is 88.0. The smallest absolute Gasteiger partial charge is 0.394 e. The molecule has 20 atom stereocenters. The summed E-state index contributed by atoms with van der Waals surface area (Å²) in [6.07, 6.45) is -17.6. The van der Waals surface area contributed by atoms with Crippen LogP contribution in [-0.4, -0.2) is 195 Å². The van der Waals surface area contributed by atoms with Gasteiger partial charge in [0, 0.05) is 49.1 Å². The fourth-order valence-electron chi connectivity index (χ4n) is 8.33. The summed E-state index contributed by atoms with van der Waals surface area (Å²) in [7, 11) is -32.0. The molecule has 0 amide bonds. The number of ether oxygens (including phenoxy) is 4. The Hall–Kier alpha value is -3.09. The third-order valence-corrected chi connectivity index (χ3v) is 22.6. The van der Waals surface area contributed by atoms with Crippen LogP contribution in [0.2, 0.25) is 0 Å². The van der Waals surface area contributed by atoms with Crippen LogP contribution in [0.5, 0.6) is 0 Å². The van der Waals surface area contributed by atoms with E-state index in [0.717, 1.165) is 6.07 Å². The molecule has 8 unspecified atom stereocenters. The molecule has 0 spiro atoms. The molecule has 4 aromatic rings. The Morgan fingerprint density at radius 1 is 0.440 bits per heavy atom. The average molecular weight is 1490 g/mol. The van der Waals surface area contributed by atoms with Crippen LogP contribution in [0, 0.1) is 0 Å². The molecule has 5 aliphatic rings. The van der Waals surface area contributed by atoms with Gasteiger partial charge < -0.3 is 119 Å². The molecule has 4 aromatic heterocycles. The van der Waals surface area contributed by atoms with Gasteiger partial charge in [-0.05, 0) is 69.0 Å². The normalized spacial score (nSPS) is 35.3. The summed E-state index contributed by atoms with van der Waals surface area (Å²) in [6, 6.07) is 10.5. The van der Waals surface area contributed by atoms with Crippen LogP contribution >= 0.6 is 75.5 Å². The van der Waals surface area contributed by atoms with Crippen LogP contribution in [0.1, 0.15) is 46.7 Å². The van der Waals surface area contributed by atoms with Crippen molar-refractivity contribution < 1.29 is 161 Å². The Bertz CT molecular complexity index is 3630. The summed E-state index contributed by atoms with van der Waals surface area (Å²) < 4.78 is 133. The Kier molecular flexibility index (Phi) is 26.5. The van der Waals surface area contributed by atoms with E-state index in [1.807, 2.05) is 0 Å². The van der Waals surface area contributed by atoms with E-state index in [0.29, 0.717) is 16.7 Å². The first-order chi connectivity index (χ1) is 42.0. The van der Waals surface area contributed by atoms with Gasteiger partial charge in [-0.3, -0.25) is 32.8 Å².